The van der Waals surface area contributed by atoms with E-state index >= 15 is 0 Å². The highest BCUT2D eigenvalue weighted by Gasteiger charge is 2.18. The lowest BCUT2D eigenvalue weighted by Crippen LogP contribution is -2.32. The summed E-state index contributed by atoms with van der Waals surface area (Å²) in [5, 5.41) is 6.14. The Bertz CT molecular complexity index is 608. The van der Waals surface area contributed by atoms with E-state index in [1.807, 2.05) is 12.1 Å². The summed E-state index contributed by atoms with van der Waals surface area (Å²) in [6.45, 7) is 0.621. The van der Waals surface area contributed by atoms with Crippen molar-refractivity contribution in [3.63, 3.8) is 0 Å². The van der Waals surface area contributed by atoms with Gasteiger partial charge in [-0.1, -0.05) is 12.8 Å². The first-order valence-electron chi connectivity index (χ1n) is 7.57. The first kappa shape index (κ1) is 14.4. The number of carbonyl (C=O) groups excluding carboxylic acids is 1. The Labute approximate surface area is 129 Å². The molecule has 1 aliphatic carbocycles. The Balaban J connectivity index is 1.54. The molecule has 0 aromatic carbocycles. The molecule has 114 valence electrons. The normalized spacial score (nSPS) is 14.7. The number of anilines is 1. The van der Waals surface area contributed by atoms with Crippen LogP contribution in [0.2, 0.25) is 0 Å². The van der Waals surface area contributed by atoms with Crippen LogP contribution in [0.1, 0.15) is 41.6 Å². The Morgan fingerprint density at radius 1 is 1.14 bits per heavy atom. The third-order valence-corrected chi connectivity index (χ3v) is 3.80. The molecule has 6 heteroatoms. The largest absolute Gasteiger partial charge is 0.350 e. The van der Waals surface area contributed by atoms with Gasteiger partial charge in [-0.05, 0) is 30.5 Å². The van der Waals surface area contributed by atoms with Gasteiger partial charge in [-0.2, -0.15) is 0 Å². The number of amides is 1. The van der Waals surface area contributed by atoms with Crippen LogP contribution in [0.25, 0.3) is 0 Å². The Kier molecular flexibility index (Phi) is 4.58. The van der Waals surface area contributed by atoms with Gasteiger partial charge in [0.1, 0.15) is 0 Å². The van der Waals surface area contributed by atoms with Crippen molar-refractivity contribution < 1.29 is 4.79 Å². The fourth-order valence-corrected chi connectivity index (χ4v) is 2.56. The standard InChI is InChI=1S/C16H19N5O/c22-15(21-14-3-1-2-4-14)13-10-19-16(20-11-13)18-9-12-5-7-17-8-6-12/h5-8,10-11,14H,1-4,9H2,(H,21,22)(H,18,19,20). The molecule has 3 rings (SSSR count). The number of nitrogens with zero attached hydrogens (tertiary/aromatic N) is 3. The maximum Gasteiger partial charge on any atom is 0.254 e. The first-order valence-corrected chi connectivity index (χ1v) is 7.57. The Morgan fingerprint density at radius 2 is 1.82 bits per heavy atom. The van der Waals surface area contributed by atoms with E-state index in [0.29, 0.717) is 24.1 Å². The zero-order chi connectivity index (χ0) is 15.2. The van der Waals surface area contributed by atoms with Crippen LogP contribution >= 0.6 is 0 Å². The minimum absolute atomic E-state index is 0.0902. The van der Waals surface area contributed by atoms with Crippen LogP contribution in [-0.4, -0.2) is 26.9 Å². The molecule has 0 saturated heterocycles. The summed E-state index contributed by atoms with van der Waals surface area (Å²) in [6.07, 6.45) is 11.1. The molecule has 2 heterocycles. The Hall–Kier alpha value is -2.50. The molecule has 0 bridgehead atoms. The molecule has 0 unspecified atom stereocenters. The molecule has 6 nitrogen and oxygen atoms in total. The van der Waals surface area contributed by atoms with Crippen molar-refractivity contribution in [1.29, 1.82) is 0 Å². The molecule has 22 heavy (non-hydrogen) atoms. The topological polar surface area (TPSA) is 79.8 Å². The third kappa shape index (κ3) is 3.78. The van der Waals surface area contributed by atoms with Gasteiger partial charge in [-0.15, -0.1) is 0 Å². The van der Waals surface area contributed by atoms with Gasteiger partial charge in [0.2, 0.25) is 5.95 Å². The number of nitrogens with one attached hydrogen (secondary N) is 2. The summed E-state index contributed by atoms with van der Waals surface area (Å²) in [5.41, 5.74) is 1.60. The monoisotopic (exact) mass is 297 g/mol. The van der Waals surface area contributed by atoms with E-state index < -0.39 is 0 Å². The molecule has 0 atom stereocenters. The van der Waals surface area contributed by atoms with Crippen LogP contribution in [-0.2, 0) is 6.54 Å². The van der Waals surface area contributed by atoms with E-state index in [9.17, 15) is 4.79 Å². The van der Waals surface area contributed by atoms with E-state index in [0.717, 1.165) is 18.4 Å². The van der Waals surface area contributed by atoms with Crippen molar-refractivity contribution in [3.8, 4) is 0 Å². The fraction of sp³-hybridized carbons (Fsp3) is 0.375. The van der Waals surface area contributed by atoms with Crippen molar-refractivity contribution in [1.82, 2.24) is 20.3 Å². The van der Waals surface area contributed by atoms with Crippen LogP contribution in [0, 0.1) is 0 Å². The first-order chi connectivity index (χ1) is 10.8. The predicted molar refractivity (Wildman–Crippen MR) is 83.3 cm³/mol. The average molecular weight is 297 g/mol. The van der Waals surface area contributed by atoms with Gasteiger partial charge in [-0.25, -0.2) is 9.97 Å². The number of hydrogen-bond donors (Lipinski definition) is 2. The summed E-state index contributed by atoms with van der Waals surface area (Å²) in [7, 11) is 0. The molecular weight excluding hydrogens is 278 g/mol. The number of carbonyl (C=O) groups is 1. The molecule has 2 aromatic heterocycles. The summed E-state index contributed by atoms with van der Waals surface area (Å²) in [5.74, 6) is 0.418. The second kappa shape index (κ2) is 6.98. The number of pyridine rings is 1. The van der Waals surface area contributed by atoms with Gasteiger partial charge in [0.25, 0.3) is 5.91 Å². The summed E-state index contributed by atoms with van der Waals surface area (Å²) >= 11 is 0. The van der Waals surface area contributed by atoms with E-state index in [2.05, 4.69) is 25.6 Å². The minimum atomic E-state index is -0.0902. The van der Waals surface area contributed by atoms with Gasteiger partial charge in [-0.3, -0.25) is 9.78 Å². The van der Waals surface area contributed by atoms with Gasteiger partial charge in [0.05, 0.1) is 5.56 Å². The maximum atomic E-state index is 12.1. The van der Waals surface area contributed by atoms with Crippen LogP contribution in [0.5, 0.6) is 0 Å². The fourth-order valence-electron chi connectivity index (χ4n) is 2.56. The smallest absolute Gasteiger partial charge is 0.254 e. The van der Waals surface area contributed by atoms with Crippen molar-refractivity contribution >= 4 is 11.9 Å². The van der Waals surface area contributed by atoms with Gasteiger partial charge >= 0.3 is 0 Å². The lowest BCUT2D eigenvalue weighted by Gasteiger charge is -2.11. The minimum Gasteiger partial charge on any atom is -0.350 e. The molecule has 2 N–H and O–H groups in total. The molecular formula is C16H19N5O. The SMILES string of the molecule is O=C(NC1CCCC1)c1cnc(NCc2ccncc2)nc1. The van der Waals surface area contributed by atoms with Crippen LogP contribution < -0.4 is 10.6 Å². The number of rotatable bonds is 5. The summed E-state index contributed by atoms with van der Waals surface area (Å²) < 4.78 is 0. The van der Waals surface area contributed by atoms with Crippen LogP contribution in [0.4, 0.5) is 5.95 Å². The van der Waals surface area contributed by atoms with E-state index in [1.165, 1.54) is 12.8 Å². The van der Waals surface area contributed by atoms with Gasteiger partial charge in [0.15, 0.2) is 0 Å². The van der Waals surface area contributed by atoms with Crippen LogP contribution in [0.15, 0.2) is 36.9 Å². The Morgan fingerprint density at radius 3 is 2.50 bits per heavy atom. The lowest BCUT2D eigenvalue weighted by molar-refractivity contribution is 0.0937. The molecule has 1 saturated carbocycles. The van der Waals surface area contributed by atoms with Gasteiger partial charge in [0, 0.05) is 37.4 Å². The molecule has 0 spiro atoms. The second-order valence-corrected chi connectivity index (χ2v) is 5.46. The number of aromatic nitrogens is 3. The van der Waals surface area contributed by atoms with Gasteiger partial charge < -0.3 is 10.6 Å². The predicted octanol–water partition coefficient (Wildman–Crippen LogP) is 2.16. The zero-order valence-electron chi connectivity index (χ0n) is 12.3. The highest BCUT2D eigenvalue weighted by molar-refractivity contribution is 5.93. The quantitative estimate of drug-likeness (QED) is 0.884. The van der Waals surface area contributed by atoms with Crippen LogP contribution in [0.3, 0.4) is 0 Å². The molecule has 0 radical (unpaired) electrons. The highest BCUT2D eigenvalue weighted by atomic mass is 16.1. The summed E-state index contributed by atoms with van der Waals surface area (Å²) in [4.78, 5) is 24.4. The second-order valence-electron chi connectivity index (χ2n) is 5.46. The van der Waals surface area contributed by atoms with Crippen molar-refractivity contribution in [2.45, 2.75) is 38.3 Å². The lowest BCUT2D eigenvalue weighted by atomic mass is 10.2. The van der Waals surface area contributed by atoms with Crippen molar-refractivity contribution in [3.05, 3.63) is 48.0 Å². The molecule has 1 amide bonds. The van der Waals surface area contributed by atoms with E-state index in [4.69, 9.17) is 0 Å². The molecule has 1 fully saturated rings. The highest BCUT2D eigenvalue weighted by Crippen LogP contribution is 2.18. The summed E-state index contributed by atoms with van der Waals surface area (Å²) in [6, 6.07) is 4.16. The molecule has 2 aromatic rings. The van der Waals surface area contributed by atoms with E-state index in [1.54, 1.807) is 24.8 Å². The maximum absolute atomic E-state index is 12.1. The number of hydrogen-bond acceptors (Lipinski definition) is 5. The van der Waals surface area contributed by atoms with Crippen molar-refractivity contribution in [2.75, 3.05) is 5.32 Å². The molecule has 0 aliphatic heterocycles. The van der Waals surface area contributed by atoms with E-state index in [-0.39, 0.29) is 5.91 Å². The molecule has 1 aliphatic rings. The average Bonchev–Trinajstić information content (AvgIpc) is 3.07. The van der Waals surface area contributed by atoms with Crippen molar-refractivity contribution in [2.24, 2.45) is 0 Å². The third-order valence-electron chi connectivity index (χ3n) is 3.80. The zero-order valence-corrected chi connectivity index (χ0v) is 12.3.